The van der Waals surface area contributed by atoms with Gasteiger partial charge in [-0.25, -0.2) is 0 Å². The molecule has 1 heterocycles. The maximum Gasteiger partial charge on any atom is 0.0220 e. The zero-order valence-corrected chi connectivity index (χ0v) is 13.1. The largest absolute Gasteiger partial charge is 0.318 e. The summed E-state index contributed by atoms with van der Waals surface area (Å²) >= 11 is 0. The monoisotopic (exact) mass is 274 g/mol. The summed E-state index contributed by atoms with van der Waals surface area (Å²) in [4.78, 5) is 2.71. The molecule has 1 N–H and O–H groups in total. The molecule has 0 spiro atoms. The van der Waals surface area contributed by atoms with Gasteiger partial charge < -0.3 is 5.32 Å². The number of nitrogens with one attached hydrogen (secondary N) is 1. The molecule has 1 aromatic rings. The van der Waals surface area contributed by atoms with Gasteiger partial charge in [-0.3, -0.25) is 4.90 Å². The second kappa shape index (κ2) is 8.43. The van der Waals surface area contributed by atoms with Crippen molar-refractivity contribution in [1.82, 2.24) is 10.2 Å². The summed E-state index contributed by atoms with van der Waals surface area (Å²) in [6, 6.07) is 11.7. The van der Waals surface area contributed by atoms with Crippen LogP contribution in [0.5, 0.6) is 0 Å². The van der Waals surface area contributed by atoms with Crippen LogP contribution in [0.1, 0.15) is 38.2 Å². The maximum absolute atomic E-state index is 3.36. The molecule has 0 amide bonds. The molecule has 20 heavy (non-hydrogen) atoms. The molecule has 2 nitrogen and oxygen atoms in total. The molecule has 0 aliphatic carbocycles. The number of piperidine rings is 1. The molecular formula is C18H30N2. The highest BCUT2D eigenvalue weighted by atomic mass is 15.2. The molecule has 2 heteroatoms. The molecule has 1 fully saturated rings. The van der Waals surface area contributed by atoms with Crippen molar-refractivity contribution >= 4 is 0 Å². The number of hydrogen-bond acceptors (Lipinski definition) is 2. The summed E-state index contributed by atoms with van der Waals surface area (Å²) in [7, 11) is 2.07. The van der Waals surface area contributed by atoms with Gasteiger partial charge in [0.25, 0.3) is 0 Å². The van der Waals surface area contributed by atoms with Gasteiger partial charge in [-0.2, -0.15) is 0 Å². The standard InChI is InChI=1S/C18H30N2/c1-3-7-18(15-19-2)20-12-10-17(11-13-20)14-16-8-5-4-6-9-16/h4-6,8-9,17-19H,3,7,10-15H2,1-2H3. The minimum atomic E-state index is 0.739. The van der Waals surface area contributed by atoms with E-state index in [4.69, 9.17) is 0 Å². The smallest absolute Gasteiger partial charge is 0.0220 e. The first kappa shape index (κ1) is 15.5. The van der Waals surface area contributed by atoms with Gasteiger partial charge in [0.15, 0.2) is 0 Å². The number of rotatable bonds is 7. The Bertz CT molecular complexity index is 349. The van der Waals surface area contributed by atoms with Crippen LogP contribution in [0.2, 0.25) is 0 Å². The van der Waals surface area contributed by atoms with Crippen LogP contribution >= 0.6 is 0 Å². The molecule has 0 aromatic heterocycles. The van der Waals surface area contributed by atoms with Gasteiger partial charge in [0.05, 0.1) is 0 Å². The van der Waals surface area contributed by atoms with E-state index >= 15 is 0 Å². The Hall–Kier alpha value is -0.860. The summed E-state index contributed by atoms with van der Waals surface area (Å²) in [5, 5.41) is 3.36. The molecule has 1 aliphatic rings. The lowest BCUT2D eigenvalue weighted by atomic mass is 9.89. The normalized spacial score (nSPS) is 19.1. The maximum atomic E-state index is 3.36. The van der Waals surface area contributed by atoms with Gasteiger partial charge >= 0.3 is 0 Å². The van der Waals surface area contributed by atoms with Gasteiger partial charge in [0.2, 0.25) is 0 Å². The van der Waals surface area contributed by atoms with Crippen LogP contribution in [0.25, 0.3) is 0 Å². The molecule has 2 rings (SSSR count). The second-order valence-corrected chi connectivity index (χ2v) is 6.17. The topological polar surface area (TPSA) is 15.3 Å². The Labute approximate surface area is 124 Å². The Kier molecular flexibility index (Phi) is 6.55. The zero-order chi connectivity index (χ0) is 14.2. The third-order valence-corrected chi connectivity index (χ3v) is 4.59. The first-order chi connectivity index (χ1) is 9.83. The van der Waals surface area contributed by atoms with Crippen LogP contribution < -0.4 is 5.32 Å². The summed E-state index contributed by atoms with van der Waals surface area (Å²) in [5.74, 6) is 0.880. The molecule has 1 saturated heterocycles. The minimum absolute atomic E-state index is 0.739. The van der Waals surface area contributed by atoms with E-state index in [1.807, 2.05) is 0 Å². The Morgan fingerprint density at radius 1 is 1.20 bits per heavy atom. The van der Waals surface area contributed by atoms with Crippen molar-refractivity contribution in [3.05, 3.63) is 35.9 Å². The van der Waals surface area contributed by atoms with Crippen molar-refractivity contribution in [2.75, 3.05) is 26.7 Å². The molecule has 0 saturated carbocycles. The lowest BCUT2D eigenvalue weighted by molar-refractivity contribution is 0.125. The highest BCUT2D eigenvalue weighted by Gasteiger charge is 2.24. The van der Waals surface area contributed by atoms with Crippen molar-refractivity contribution in [3.8, 4) is 0 Å². The van der Waals surface area contributed by atoms with E-state index < -0.39 is 0 Å². The fourth-order valence-corrected chi connectivity index (χ4v) is 3.45. The Morgan fingerprint density at radius 3 is 2.50 bits per heavy atom. The predicted octanol–water partition coefficient (Wildman–Crippen LogP) is 3.33. The highest BCUT2D eigenvalue weighted by molar-refractivity contribution is 5.15. The molecule has 1 unspecified atom stereocenters. The minimum Gasteiger partial charge on any atom is -0.318 e. The van der Waals surface area contributed by atoms with E-state index in [0.717, 1.165) is 18.5 Å². The fraction of sp³-hybridized carbons (Fsp3) is 0.667. The van der Waals surface area contributed by atoms with E-state index in [1.165, 1.54) is 50.8 Å². The summed E-state index contributed by atoms with van der Waals surface area (Å²) < 4.78 is 0. The summed E-state index contributed by atoms with van der Waals surface area (Å²) in [6.07, 6.45) is 6.59. The molecular weight excluding hydrogens is 244 g/mol. The number of benzene rings is 1. The van der Waals surface area contributed by atoms with Crippen molar-refractivity contribution < 1.29 is 0 Å². The molecule has 112 valence electrons. The van der Waals surface area contributed by atoms with Crippen molar-refractivity contribution in [3.63, 3.8) is 0 Å². The Balaban J connectivity index is 1.79. The molecule has 1 aliphatic heterocycles. The van der Waals surface area contributed by atoms with Gasteiger partial charge in [0.1, 0.15) is 0 Å². The second-order valence-electron chi connectivity index (χ2n) is 6.17. The average molecular weight is 274 g/mol. The number of likely N-dealkylation sites (tertiary alicyclic amines) is 1. The first-order valence-electron chi connectivity index (χ1n) is 8.26. The van der Waals surface area contributed by atoms with E-state index in [2.05, 4.69) is 54.5 Å². The average Bonchev–Trinajstić information content (AvgIpc) is 2.49. The Morgan fingerprint density at radius 2 is 1.90 bits per heavy atom. The van der Waals surface area contributed by atoms with Crippen molar-refractivity contribution in [2.45, 2.75) is 45.1 Å². The van der Waals surface area contributed by atoms with Crippen LogP contribution in [0.15, 0.2) is 30.3 Å². The first-order valence-corrected chi connectivity index (χ1v) is 8.26. The van der Waals surface area contributed by atoms with Crippen molar-refractivity contribution in [1.29, 1.82) is 0 Å². The van der Waals surface area contributed by atoms with Gasteiger partial charge in [-0.15, -0.1) is 0 Å². The molecule has 1 atom stereocenters. The number of likely N-dealkylation sites (N-methyl/N-ethyl adjacent to an activating group) is 1. The van der Waals surface area contributed by atoms with Crippen LogP contribution in [-0.2, 0) is 6.42 Å². The highest BCUT2D eigenvalue weighted by Crippen LogP contribution is 2.23. The van der Waals surface area contributed by atoms with E-state index in [-0.39, 0.29) is 0 Å². The van der Waals surface area contributed by atoms with Gasteiger partial charge in [-0.05, 0) is 57.3 Å². The SMILES string of the molecule is CCCC(CNC)N1CCC(Cc2ccccc2)CC1. The summed E-state index contributed by atoms with van der Waals surface area (Å²) in [6.45, 7) is 6.00. The molecule has 0 radical (unpaired) electrons. The third kappa shape index (κ3) is 4.60. The van der Waals surface area contributed by atoms with Gasteiger partial charge in [-0.1, -0.05) is 43.7 Å². The molecule has 1 aromatic carbocycles. The third-order valence-electron chi connectivity index (χ3n) is 4.59. The van der Waals surface area contributed by atoms with Crippen LogP contribution in [0, 0.1) is 5.92 Å². The van der Waals surface area contributed by atoms with Crippen molar-refractivity contribution in [2.24, 2.45) is 5.92 Å². The van der Waals surface area contributed by atoms with E-state index in [0.29, 0.717) is 0 Å². The lowest BCUT2D eigenvalue weighted by Gasteiger charge is -2.37. The zero-order valence-electron chi connectivity index (χ0n) is 13.1. The lowest BCUT2D eigenvalue weighted by Crippen LogP contribution is -2.46. The molecule has 0 bridgehead atoms. The van der Waals surface area contributed by atoms with Crippen LogP contribution in [-0.4, -0.2) is 37.6 Å². The van der Waals surface area contributed by atoms with Crippen LogP contribution in [0.3, 0.4) is 0 Å². The van der Waals surface area contributed by atoms with Gasteiger partial charge in [0, 0.05) is 12.6 Å². The van der Waals surface area contributed by atoms with E-state index in [1.54, 1.807) is 0 Å². The number of hydrogen-bond donors (Lipinski definition) is 1. The van der Waals surface area contributed by atoms with E-state index in [9.17, 15) is 0 Å². The fourth-order valence-electron chi connectivity index (χ4n) is 3.45. The van der Waals surface area contributed by atoms with Crippen LogP contribution in [0.4, 0.5) is 0 Å². The number of nitrogens with zero attached hydrogens (tertiary/aromatic N) is 1. The predicted molar refractivity (Wildman–Crippen MR) is 87.1 cm³/mol. The summed E-state index contributed by atoms with van der Waals surface area (Å²) in [5.41, 5.74) is 1.51. The quantitative estimate of drug-likeness (QED) is 0.820.